The largest absolute Gasteiger partial charge is 0.481 e. The van der Waals surface area contributed by atoms with E-state index >= 15 is 0 Å². The molecule has 0 aromatic heterocycles. The van der Waals surface area contributed by atoms with Crippen molar-refractivity contribution in [3.05, 3.63) is 0 Å². The number of ether oxygens (including phenoxy) is 1. The van der Waals surface area contributed by atoms with Crippen LogP contribution in [0.4, 0.5) is 0 Å². The molecular formula is C13H23NO3. The van der Waals surface area contributed by atoms with E-state index in [1.54, 1.807) is 0 Å². The van der Waals surface area contributed by atoms with Crippen LogP contribution >= 0.6 is 0 Å². The van der Waals surface area contributed by atoms with Gasteiger partial charge in [0, 0.05) is 12.1 Å². The molecule has 0 aromatic carbocycles. The molecule has 0 aromatic rings. The van der Waals surface area contributed by atoms with Crippen LogP contribution < -0.4 is 0 Å². The fraction of sp³-hybridized carbons (Fsp3) is 0.923. The Bertz CT molecular complexity index is 274. The van der Waals surface area contributed by atoms with Crippen molar-refractivity contribution in [3.63, 3.8) is 0 Å². The van der Waals surface area contributed by atoms with Crippen molar-refractivity contribution in [3.8, 4) is 0 Å². The van der Waals surface area contributed by atoms with Crippen molar-refractivity contribution in [1.29, 1.82) is 0 Å². The summed E-state index contributed by atoms with van der Waals surface area (Å²) in [5.41, 5.74) is 0. The number of nitrogens with zero attached hydrogens (tertiary/aromatic N) is 1. The summed E-state index contributed by atoms with van der Waals surface area (Å²) in [5.74, 6) is -0.834. The van der Waals surface area contributed by atoms with Gasteiger partial charge in [-0.1, -0.05) is 0 Å². The molecule has 17 heavy (non-hydrogen) atoms. The Balaban J connectivity index is 1.67. The molecule has 1 atom stereocenters. The monoisotopic (exact) mass is 241 g/mol. The van der Waals surface area contributed by atoms with Gasteiger partial charge in [0.05, 0.1) is 18.6 Å². The molecule has 2 fully saturated rings. The summed E-state index contributed by atoms with van der Waals surface area (Å²) < 4.78 is 5.82. The van der Waals surface area contributed by atoms with E-state index in [1.165, 1.54) is 19.4 Å². The Morgan fingerprint density at radius 1 is 1.47 bits per heavy atom. The van der Waals surface area contributed by atoms with E-state index in [9.17, 15) is 4.79 Å². The highest BCUT2D eigenvalue weighted by Gasteiger charge is 2.36. The van der Waals surface area contributed by atoms with Crippen LogP contribution in [0.3, 0.4) is 0 Å². The minimum Gasteiger partial charge on any atom is -0.481 e. The summed E-state index contributed by atoms with van der Waals surface area (Å²) in [7, 11) is 0. The van der Waals surface area contributed by atoms with Crippen molar-refractivity contribution in [2.45, 2.75) is 57.7 Å². The third kappa shape index (κ3) is 2.99. The SMILES string of the molecule is CC(C)N1CCC[C@H]1COC1CC(C(=O)O)C1. The first kappa shape index (κ1) is 12.8. The zero-order valence-electron chi connectivity index (χ0n) is 10.8. The van der Waals surface area contributed by atoms with Gasteiger partial charge in [0.25, 0.3) is 0 Å². The zero-order chi connectivity index (χ0) is 12.4. The number of aliphatic carboxylic acids is 1. The summed E-state index contributed by atoms with van der Waals surface area (Å²) in [6.07, 6.45) is 4.06. The minimum absolute atomic E-state index is 0.162. The number of hydrogen-bond donors (Lipinski definition) is 1. The van der Waals surface area contributed by atoms with Crippen LogP contribution in [0.25, 0.3) is 0 Å². The summed E-state index contributed by atoms with van der Waals surface area (Å²) in [6.45, 7) is 6.40. The molecule has 4 nitrogen and oxygen atoms in total. The fourth-order valence-electron chi connectivity index (χ4n) is 2.87. The Morgan fingerprint density at radius 2 is 2.18 bits per heavy atom. The molecule has 1 heterocycles. The van der Waals surface area contributed by atoms with Gasteiger partial charge >= 0.3 is 5.97 Å². The van der Waals surface area contributed by atoms with Crippen LogP contribution in [0, 0.1) is 5.92 Å². The first-order valence-electron chi connectivity index (χ1n) is 6.68. The molecule has 0 bridgehead atoms. The van der Waals surface area contributed by atoms with Gasteiger partial charge in [0.2, 0.25) is 0 Å². The van der Waals surface area contributed by atoms with Crippen LogP contribution in [-0.2, 0) is 9.53 Å². The molecule has 1 N–H and O–H groups in total. The average Bonchev–Trinajstić information content (AvgIpc) is 2.62. The van der Waals surface area contributed by atoms with Crippen LogP contribution in [0.2, 0.25) is 0 Å². The second kappa shape index (κ2) is 5.36. The highest BCUT2D eigenvalue weighted by atomic mass is 16.5. The molecule has 98 valence electrons. The molecule has 0 radical (unpaired) electrons. The molecule has 2 aliphatic rings. The number of rotatable bonds is 5. The smallest absolute Gasteiger partial charge is 0.306 e. The molecule has 1 aliphatic heterocycles. The lowest BCUT2D eigenvalue weighted by atomic mass is 9.82. The minimum atomic E-state index is -0.672. The highest BCUT2D eigenvalue weighted by Crippen LogP contribution is 2.31. The maximum Gasteiger partial charge on any atom is 0.306 e. The lowest BCUT2D eigenvalue weighted by Gasteiger charge is -2.35. The van der Waals surface area contributed by atoms with E-state index in [2.05, 4.69) is 18.7 Å². The summed E-state index contributed by atoms with van der Waals surface area (Å²) in [4.78, 5) is 13.2. The lowest BCUT2D eigenvalue weighted by molar-refractivity contribution is -0.151. The maximum atomic E-state index is 10.7. The molecular weight excluding hydrogens is 218 g/mol. The van der Waals surface area contributed by atoms with Crippen LogP contribution in [0.15, 0.2) is 0 Å². The number of carboxylic acid groups (broad SMARTS) is 1. The molecule has 0 amide bonds. The predicted octanol–water partition coefficient (Wildman–Crippen LogP) is 1.74. The Hall–Kier alpha value is -0.610. The van der Waals surface area contributed by atoms with E-state index < -0.39 is 5.97 Å². The standard InChI is InChI=1S/C13H23NO3/c1-9(2)14-5-3-4-11(14)8-17-12-6-10(7-12)13(15)16/h9-12H,3-8H2,1-2H3,(H,15,16)/t10?,11-,12?/m0/s1. The first-order valence-corrected chi connectivity index (χ1v) is 6.68. The van der Waals surface area contributed by atoms with Crippen LogP contribution in [0.1, 0.15) is 39.5 Å². The molecule has 1 aliphatic carbocycles. The van der Waals surface area contributed by atoms with Gasteiger partial charge in [0.1, 0.15) is 0 Å². The van der Waals surface area contributed by atoms with Gasteiger partial charge < -0.3 is 9.84 Å². The van der Waals surface area contributed by atoms with E-state index in [-0.39, 0.29) is 12.0 Å². The quantitative estimate of drug-likeness (QED) is 0.796. The molecule has 0 unspecified atom stereocenters. The number of carbonyl (C=O) groups is 1. The number of hydrogen-bond acceptors (Lipinski definition) is 3. The third-order valence-corrected chi connectivity index (χ3v) is 4.05. The second-order valence-electron chi connectivity index (χ2n) is 5.59. The van der Waals surface area contributed by atoms with Crippen molar-refractivity contribution in [2.24, 2.45) is 5.92 Å². The van der Waals surface area contributed by atoms with E-state index in [0.29, 0.717) is 24.9 Å². The summed E-state index contributed by atoms with van der Waals surface area (Å²) in [5, 5.41) is 8.78. The molecule has 4 heteroatoms. The highest BCUT2D eigenvalue weighted by molar-refractivity contribution is 5.71. The Labute approximate surface area is 103 Å². The van der Waals surface area contributed by atoms with Crippen LogP contribution in [-0.4, -0.2) is 47.3 Å². The molecule has 2 rings (SSSR count). The van der Waals surface area contributed by atoms with Gasteiger partial charge in [-0.05, 0) is 46.1 Å². The number of carboxylic acids is 1. The van der Waals surface area contributed by atoms with Crippen molar-refractivity contribution >= 4 is 5.97 Å². The van der Waals surface area contributed by atoms with E-state index in [0.717, 1.165) is 6.61 Å². The summed E-state index contributed by atoms with van der Waals surface area (Å²) in [6, 6.07) is 1.12. The second-order valence-corrected chi connectivity index (χ2v) is 5.59. The van der Waals surface area contributed by atoms with Crippen molar-refractivity contribution in [1.82, 2.24) is 4.90 Å². The normalized spacial score (nSPS) is 33.9. The van der Waals surface area contributed by atoms with Gasteiger partial charge in [-0.15, -0.1) is 0 Å². The maximum absolute atomic E-state index is 10.7. The van der Waals surface area contributed by atoms with Gasteiger partial charge in [0.15, 0.2) is 0 Å². The lowest BCUT2D eigenvalue weighted by Crippen LogP contribution is -2.42. The van der Waals surface area contributed by atoms with Gasteiger partial charge in [-0.3, -0.25) is 9.69 Å². The van der Waals surface area contributed by atoms with Crippen molar-refractivity contribution in [2.75, 3.05) is 13.2 Å². The topological polar surface area (TPSA) is 49.8 Å². The van der Waals surface area contributed by atoms with Crippen molar-refractivity contribution < 1.29 is 14.6 Å². The van der Waals surface area contributed by atoms with E-state index in [1.807, 2.05) is 0 Å². The van der Waals surface area contributed by atoms with Crippen LogP contribution in [0.5, 0.6) is 0 Å². The number of likely N-dealkylation sites (tertiary alicyclic amines) is 1. The van der Waals surface area contributed by atoms with E-state index in [4.69, 9.17) is 9.84 Å². The average molecular weight is 241 g/mol. The summed E-state index contributed by atoms with van der Waals surface area (Å²) >= 11 is 0. The third-order valence-electron chi connectivity index (χ3n) is 4.05. The molecule has 0 spiro atoms. The Morgan fingerprint density at radius 3 is 2.76 bits per heavy atom. The predicted molar refractivity (Wildman–Crippen MR) is 65.0 cm³/mol. The fourth-order valence-corrected chi connectivity index (χ4v) is 2.87. The Kier molecular flexibility index (Phi) is 4.05. The zero-order valence-corrected chi connectivity index (χ0v) is 10.8. The first-order chi connectivity index (χ1) is 8.08. The molecule has 1 saturated heterocycles. The molecule has 1 saturated carbocycles. The van der Waals surface area contributed by atoms with Gasteiger partial charge in [-0.25, -0.2) is 0 Å². The van der Waals surface area contributed by atoms with Gasteiger partial charge in [-0.2, -0.15) is 0 Å².